The van der Waals surface area contributed by atoms with Gasteiger partial charge in [-0.2, -0.15) is 0 Å². The molecule has 2 aromatic carbocycles. The van der Waals surface area contributed by atoms with Crippen LogP contribution in [0.25, 0.3) is 0 Å². The first-order chi connectivity index (χ1) is 12.5. The van der Waals surface area contributed by atoms with Crippen LogP contribution in [0.5, 0.6) is 0 Å². The minimum absolute atomic E-state index is 0.180. The van der Waals surface area contributed by atoms with E-state index in [-0.39, 0.29) is 17.4 Å². The Kier molecular flexibility index (Phi) is 3.20. The summed E-state index contributed by atoms with van der Waals surface area (Å²) in [5.41, 5.74) is 2.43. The van der Waals surface area contributed by atoms with Crippen LogP contribution in [0, 0.1) is 6.92 Å². The van der Waals surface area contributed by atoms with Gasteiger partial charge in [-0.05, 0) is 37.5 Å². The smallest absolute Gasteiger partial charge is 0.262 e. The zero-order valence-electron chi connectivity index (χ0n) is 14.8. The monoisotopic (exact) mass is 347 g/mol. The second kappa shape index (κ2) is 5.27. The van der Waals surface area contributed by atoms with Crippen molar-refractivity contribution in [3.63, 3.8) is 0 Å². The first kappa shape index (κ1) is 15.8. The van der Waals surface area contributed by atoms with E-state index in [1.54, 1.807) is 12.1 Å². The van der Waals surface area contributed by atoms with Crippen LogP contribution >= 0.6 is 0 Å². The fourth-order valence-corrected chi connectivity index (χ4v) is 4.98. The standard InChI is InChI=1S/C22H21NO3/c1-15-7-9-16(10-8-15)22(13-21(14-22)11-4-12-26-21)23-19(24)17-5-2-3-6-18(17)20(23)25/h2-3,5-10H,4,11-14H2,1H3. The Morgan fingerprint density at radius 2 is 1.54 bits per heavy atom. The zero-order valence-corrected chi connectivity index (χ0v) is 14.8. The van der Waals surface area contributed by atoms with Crippen molar-refractivity contribution in [2.75, 3.05) is 6.61 Å². The Bertz CT molecular complexity index is 866. The summed E-state index contributed by atoms with van der Waals surface area (Å²) >= 11 is 0. The molecule has 0 bridgehead atoms. The fraction of sp³-hybridized carbons (Fsp3) is 0.364. The average Bonchev–Trinajstić information content (AvgIpc) is 3.19. The average molecular weight is 347 g/mol. The van der Waals surface area contributed by atoms with E-state index in [4.69, 9.17) is 4.74 Å². The molecular formula is C22H21NO3. The van der Waals surface area contributed by atoms with E-state index in [0.29, 0.717) is 24.0 Å². The fourth-order valence-electron chi connectivity index (χ4n) is 4.98. The van der Waals surface area contributed by atoms with E-state index in [2.05, 4.69) is 24.3 Å². The Morgan fingerprint density at radius 1 is 0.923 bits per heavy atom. The van der Waals surface area contributed by atoms with Crippen LogP contribution in [0.15, 0.2) is 48.5 Å². The molecular weight excluding hydrogens is 326 g/mol. The minimum Gasteiger partial charge on any atom is -0.375 e. The second-order valence-electron chi connectivity index (χ2n) is 7.88. The van der Waals surface area contributed by atoms with Crippen molar-refractivity contribution in [3.8, 4) is 0 Å². The van der Waals surface area contributed by atoms with Gasteiger partial charge < -0.3 is 4.74 Å². The summed E-state index contributed by atoms with van der Waals surface area (Å²) in [6, 6.07) is 15.3. The topological polar surface area (TPSA) is 46.6 Å². The van der Waals surface area contributed by atoms with E-state index in [1.165, 1.54) is 4.90 Å². The van der Waals surface area contributed by atoms with Crippen LogP contribution < -0.4 is 0 Å². The molecule has 0 aromatic heterocycles. The quantitative estimate of drug-likeness (QED) is 0.776. The molecule has 2 aliphatic heterocycles. The third-order valence-electron chi connectivity index (χ3n) is 6.23. The SMILES string of the molecule is Cc1ccc(C2(N3C(=O)c4ccccc4C3=O)CC3(CCCO3)C2)cc1. The molecule has 0 atom stereocenters. The Labute approximate surface area is 152 Å². The number of amides is 2. The van der Waals surface area contributed by atoms with E-state index < -0.39 is 5.54 Å². The lowest BCUT2D eigenvalue weighted by atomic mass is 9.59. The molecule has 0 unspecified atom stereocenters. The van der Waals surface area contributed by atoms with Crippen molar-refractivity contribution in [2.45, 2.75) is 43.7 Å². The third-order valence-corrected chi connectivity index (χ3v) is 6.23. The number of fused-ring (bicyclic) bond motifs is 1. The molecule has 1 saturated heterocycles. The number of carbonyl (C=O) groups excluding carboxylic acids is 2. The van der Waals surface area contributed by atoms with Gasteiger partial charge in [-0.15, -0.1) is 0 Å². The molecule has 0 radical (unpaired) electrons. The molecule has 26 heavy (non-hydrogen) atoms. The number of carbonyl (C=O) groups is 2. The summed E-state index contributed by atoms with van der Waals surface area (Å²) in [5.74, 6) is -0.363. The molecule has 5 rings (SSSR count). The van der Waals surface area contributed by atoms with Crippen LogP contribution in [0.4, 0.5) is 0 Å². The maximum Gasteiger partial charge on any atom is 0.262 e. The molecule has 2 amide bonds. The van der Waals surface area contributed by atoms with Crippen LogP contribution in [-0.4, -0.2) is 28.9 Å². The summed E-state index contributed by atoms with van der Waals surface area (Å²) in [6.07, 6.45) is 3.43. The summed E-state index contributed by atoms with van der Waals surface area (Å²) in [4.78, 5) is 27.8. The summed E-state index contributed by atoms with van der Waals surface area (Å²) < 4.78 is 6.03. The molecule has 2 aromatic rings. The van der Waals surface area contributed by atoms with E-state index >= 15 is 0 Å². The number of imide groups is 1. The predicted octanol–water partition coefficient (Wildman–Crippen LogP) is 3.83. The zero-order chi connectivity index (χ0) is 17.9. The van der Waals surface area contributed by atoms with Crippen molar-refractivity contribution < 1.29 is 14.3 Å². The van der Waals surface area contributed by atoms with Crippen molar-refractivity contribution in [1.82, 2.24) is 4.90 Å². The molecule has 0 N–H and O–H groups in total. The van der Waals surface area contributed by atoms with Gasteiger partial charge in [0.15, 0.2) is 0 Å². The normalized spacial score (nSPS) is 30.0. The summed E-state index contributed by atoms with van der Waals surface area (Å²) in [7, 11) is 0. The number of ether oxygens (including phenoxy) is 1. The summed E-state index contributed by atoms with van der Waals surface area (Å²) in [6.45, 7) is 2.81. The Balaban J connectivity index is 1.61. The molecule has 2 fully saturated rings. The van der Waals surface area contributed by atoms with Crippen molar-refractivity contribution in [1.29, 1.82) is 0 Å². The lowest BCUT2D eigenvalue weighted by Crippen LogP contribution is -2.64. The number of benzene rings is 2. The molecule has 132 valence electrons. The van der Waals surface area contributed by atoms with E-state index in [0.717, 1.165) is 30.6 Å². The lowest BCUT2D eigenvalue weighted by Gasteiger charge is -2.57. The molecule has 1 spiro atoms. The predicted molar refractivity (Wildman–Crippen MR) is 97.0 cm³/mol. The Morgan fingerprint density at radius 3 is 2.08 bits per heavy atom. The van der Waals surface area contributed by atoms with Gasteiger partial charge >= 0.3 is 0 Å². The van der Waals surface area contributed by atoms with Gasteiger partial charge in [-0.1, -0.05) is 42.0 Å². The van der Waals surface area contributed by atoms with E-state index in [9.17, 15) is 9.59 Å². The van der Waals surface area contributed by atoms with E-state index in [1.807, 2.05) is 19.1 Å². The molecule has 1 aliphatic carbocycles. The number of aryl methyl sites for hydroxylation is 1. The van der Waals surface area contributed by atoms with Crippen molar-refractivity contribution in [2.24, 2.45) is 0 Å². The lowest BCUT2D eigenvalue weighted by molar-refractivity contribution is -0.140. The Hall–Kier alpha value is -2.46. The second-order valence-corrected chi connectivity index (χ2v) is 7.88. The van der Waals surface area contributed by atoms with Gasteiger partial charge in [-0.25, -0.2) is 0 Å². The van der Waals surface area contributed by atoms with Gasteiger partial charge in [0.05, 0.1) is 22.3 Å². The molecule has 2 heterocycles. The maximum atomic E-state index is 13.2. The van der Waals surface area contributed by atoms with Gasteiger partial charge in [0.25, 0.3) is 11.8 Å². The highest BCUT2D eigenvalue weighted by Gasteiger charge is 2.64. The van der Waals surface area contributed by atoms with Gasteiger partial charge in [-0.3, -0.25) is 14.5 Å². The molecule has 4 heteroatoms. The third kappa shape index (κ3) is 1.99. The number of hydrogen-bond donors (Lipinski definition) is 0. The van der Waals surface area contributed by atoms with Crippen LogP contribution in [0.2, 0.25) is 0 Å². The van der Waals surface area contributed by atoms with Crippen LogP contribution in [0.1, 0.15) is 57.5 Å². The van der Waals surface area contributed by atoms with Crippen LogP contribution in [0.3, 0.4) is 0 Å². The number of nitrogens with zero attached hydrogens (tertiary/aromatic N) is 1. The van der Waals surface area contributed by atoms with Crippen LogP contribution in [-0.2, 0) is 10.3 Å². The van der Waals surface area contributed by atoms with Crippen molar-refractivity contribution >= 4 is 11.8 Å². The molecule has 1 saturated carbocycles. The number of hydrogen-bond acceptors (Lipinski definition) is 3. The maximum absolute atomic E-state index is 13.2. The molecule has 4 nitrogen and oxygen atoms in total. The first-order valence-corrected chi connectivity index (χ1v) is 9.24. The summed E-state index contributed by atoms with van der Waals surface area (Å²) in [5, 5.41) is 0. The first-order valence-electron chi connectivity index (χ1n) is 9.24. The molecule has 3 aliphatic rings. The minimum atomic E-state index is -0.606. The number of rotatable bonds is 2. The van der Waals surface area contributed by atoms with Crippen molar-refractivity contribution in [3.05, 3.63) is 70.8 Å². The largest absolute Gasteiger partial charge is 0.375 e. The van der Waals surface area contributed by atoms with Gasteiger partial charge in [0.2, 0.25) is 0 Å². The van der Waals surface area contributed by atoms with Gasteiger partial charge in [0, 0.05) is 19.4 Å². The van der Waals surface area contributed by atoms with Gasteiger partial charge in [0.1, 0.15) is 0 Å². The highest BCUT2D eigenvalue weighted by atomic mass is 16.5. The highest BCUT2D eigenvalue weighted by molar-refractivity contribution is 6.22. The highest BCUT2D eigenvalue weighted by Crippen LogP contribution is 2.59.